The maximum Gasteiger partial charge on any atom is 0.418 e. The van der Waals surface area contributed by atoms with Gasteiger partial charge in [-0.2, -0.15) is 13.2 Å². The van der Waals surface area contributed by atoms with E-state index >= 15 is 0 Å². The molecule has 1 fully saturated rings. The number of sulfone groups is 1. The molecular formula is C14H16F3NO3S. The van der Waals surface area contributed by atoms with Crippen molar-refractivity contribution >= 4 is 21.4 Å². The third kappa shape index (κ3) is 4.46. The van der Waals surface area contributed by atoms with Crippen LogP contribution in [0.4, 0.5) is 18.9 Å². The largest absolute Gasteiger partial charge is 0.418 e. The summed E-state index contributed by atoms with van der Waals surface area (Å²) < 4.78 is 61.5. The number of anilines is 1. The third-order valence-corrected chi connectivity index (χ3v) is 5.43. The number of nitrogens with one attached hydrogen (secondary N) is 1. The van der Waals surface area contributed by atoms with Crippen LogP contribution in [0.1, 0.15) is 24.8 Å². The van der Waals surface area contributed by atoms with Gasteiger partial charge in [0.2, 0.25) is 5.91 Å². The first kappa shape index (κ1) is 16.8. The van der Waals surface area contributed by atoms with Crippen LogP contribution < -0.4 is 5.32 Å². The highest BCUT2D eigenvalue weighted by Crippen LogP contribution is 2.34. The quantitative estimate of drug-likeness (QED) is 0.924. The van der Waals surface area contributed by atoms with Gasteiger partial charge < -0.3 is 5.32 Å². The first-order valence-corrected chi connectivity index (χ1v) is 8.66. The fraction of sp³-hybridized carbons (Fsp3) is 0.500. The normalized spacial score (nSPS) is 21.3. The van der Waals surface area contributed by atoms with E-state index in [2.05, 4.69) is 5.32 Å². The third-order valence-electron chi connectivity index (χ3n) is 3.54. The van der Waals surface area contributed by atoms with Crippen molar-refractivity contribution in [2.75, 3.05) is 16.8 Å². The Balaban J connectivity index is 2.04. The zero-order valence-electron chi connectivity index (χ0n) is 11.7. The fourth-order valence-corrected chi connectivity index (χ4v) is 4.36. The van der Waals surface area contributed by atoms with Gasteiger partial charge in [-0.1, -0.05) is 12.1 Å². The van der Waals surface area contributed by atoms with Gasteiger partial charge in [-0.3, -0.25) is 4.79 Å². The molecule has 2 rings (SSSR count). The minimum absolute atomic E-state index is 0.0820. The smallest absolute Gasteiger partial charge is 0.325 e. The van der Waals surface area contributed by atoms with E-state index in [9.17, 15) is 26.4 Å². The lowest BCUT2D eigenvalue weighted by molar-refractivity contribution is -0.137. The molecule has 4 nitrogen and oxygen atoms in total. The number of carbonyl (C=O) groups excluding carboxylic acids is 1. The monoisotopic (exact) mass is 335 g/mol. The number of hydrogen-bond donors (Lipinski definition) is 1. The van der Waals surface area contributed by atoms with E-state index in [-0.39, 0.29) is 29.5 Å². The molecule has 1 amide bonds. The summed E-state index contributed by atoms with van der Waals surface area (Å²) in [6.45, 7) is 0. The minimum Gasteiger partial charge on any atom is -0.325 e. The molecule has 0 aliphatic carbocycles. The molecule has 1 aromatic rings. The summed E-state index contributed by atoms with van der Waals surface area (Å²) >= 11 is 0. The van der Waals surface area contributed by atoms with Crippen molar-refractivity contribution in [3.8, 4) is 0 Å². The van der Waals surface area contributed by atoms with E-state index in [0.717, 1.165) is 6.07 Å². The standard InChI is InChI=1S/C14H16F3NO3S/c15-14(16,17)11-5-1-2-6-12(11)18-13(19)8-10-4-3-7-22(20,21)9-10/h1-2,5-6,10H,3-4,7-9H2,(H,18,19). The second kappa shape index (κ2) is 6.28. The molecule has 0 spiro atoms. The lowest BCUT2D eigenvalue weighted by atomic mass is 10.0. The van der Waals surface area contributed by atoms with Gasteiger partial charge in [-0.15, -0.1) is 0 Å². The SMILES string of the molecule is O=C(CC1CCCS(=O)(=O)C1)Nc1ccccc1C(F)(F)F. The van der Waals surface area contributed by atoms with E-state index < -0.39 is 27.5 Å². The van der Waals surface area contributed by atoms with Crippen LogP contribution in [0.15, 0.2) is 24.3 Å². The summed E-state index contributed by atoms with van der Waals surface area (Å²) in [6, 6.07) is 4.71. The van der Waals surface area contributed by atoms with E-state index in [1.165, 1.54) is 18.2 Å². The predicted molar refractivity (Wildman–Crippen MR) is 76.1 cm³/mol. The number of benzene rings is 1. The van der Waals surface area contributed by atoms with Gasteiger partial charge in [0.1, 0.15) is 0 Å². The van der Waals surface area contributed by atoms with Crippen molar-refractivity contribution in [3.05, 3.63) is 29.8 Å². The number of carbonyl (C=O) groups is 1. The zero-order valence-corrected chi connectivity index (χ0v) is 12.5. The van der Waals surface area contributed by atoms with Gasteiger partial charge in [-0.05, 0) is 30.9 Å². The predicted octanol–water partition coefficient (Wildman–Crippen LogP) is 2.86. The van der Waals surface area contributed by atoms with Crippen molar-refractivity contribution in [2.24, 2.45) is 5.92 Å². The van der Waals surface area contributed by atoms with Crippen molar-refractivity contribution in [1.29, 1.82) is 0 Å². The van der Waals surface area contributed by atoms with Crippen LogP contribution in [0, 0.1) is 5.92 Å². The maximum absolute atomic E-state index is 12.8. The van der Waals surface area contributed by atoms with Crippen molar-refractivity contribution in [2.45, 2.75) is 25.4 Å². The van der Waals surface area contributed by atoms with Crippen LogP contribution in [0.25, 0.3) is 0 Å². The zero-order chi connectivity index (χ0) is 16.4. The fourth-order valence-electron chi connectivity index (χ4n) is 2.58. The highest BCUT2D eigenvalue weighted by atomic mass is 32.2. The lowest BCUT2D eigenvalue weighted by Crippen LogP contribution is -2.28. The van der Waals surface area contributed by atoms with Crippen LogP contribution in [-0.4, -0.2) is 25.8 Å². The van der Waals surface area contributed by atoms with Gasteiger partial charge >= 0.3 is 6.18 Å². The van der Waals surface area contributed by atoms with Gasteiger partial charge in [0.25, 0.3) is 0 Å². The molecule has 1 aromatic carbocycles. The van der Waals surface area contributed by atoms with Crippen molar-refractivity contribution in [1.82, 2.24) is 0 Å². The van der Waals surface area contributed by atoms with Crippen LogP contribution in [0.5, 0.6) is 0 Å². The summed E-state index contributed by atoms with van der Waals surface area (Å²) in [6.07, 6.45) is -3.57. The molecule has 1 N–H and O–H groups in total. The Bertz CT molecular complexity index is 656. The van der Waals surface area contributed by atoms with E-state index in [1.54, 1.807) is 0 Å². The number of amides is 1. The second-order valence-corrected chi connectivity index (χ2v) is 7.65. The first-order valence-electron chi connectivity index (χ1n) is 6.84. The number of halogens is 3. The molecule has 0 bridgehead atoms. The Morgan fingerprint density at radius 2 is 1.95 bits per heavy atom. The molecule has 122 valence electrons. The molecule has 8 heteroatoms. The van der Waals surface area contributed by atoms with E-state index in [0.29, 0.717) is 12.8 Å². The topological polar surface area (TPSA) is 63.2 Å². The van der Waals surface area contributed by atoms with Crippen LogP contribution in [0.2, 0.25) is 0 Å². The van der Waals surface area contributed by atoms with Crippen LogP contribution in [-0.2, 0) is 20.8 Å². The van der Waals surface area contributed by atoms with E-state index in [1.807, 2.05) is 0 Å². The molecule has 0 saturated carbocycles. The molecule has 0 radical (unpaired) electrons. The Morgan fingerprint density at radius 1 is 1.27 bits per heavy atom. The number of alkyl halides is 3. The molecule has 1 aliphatic heterocycles. The molecule has 1 aliphatic rings. The summed E-state index contributed by atoms with van der Waals surface area (Å²) in [5.41, 5.74) is -1.22. The molecule has 22 heavy (non-hydrogen) atoms. The summed E-state index contributed by atoms with van der Waals surface area (Å²) in [5.74, 6) is -0.904. The Kier molecular flexibility index (Phi) is 4.79. The van der Waals surface area contributed by atoms with Crippen LogP contribution in [0.3, 0.4) is 0 Å². The highest BCUT2D eigenvalue weighted by molar-refractivity contribution is 7.91. The second-order valence-electron chi connectivity index (χ2n) is 5.42. The maximum atomic E-state index is 12.8. The highest BCUT2D eigenvalue weighted by Gasteiger charge is 2.34. The first-order chi connectivity index (χ1) is 10.2. The average molecular weight is 335 g/mol. The number of hydrogen-bond acceptors (Lipinski definition) is 3. The van der Waals surface area contributed by atoms with Crippen LogP contribution >= 0.6 is 0 Å². The van der Waals surface area contributed by atoms with Gasteiger partial charge in [0.05, 0.1) is 22.8 Å². The van der Waals surface area contributed by atoms with E-state index in [4.69, 9.17) is 0 Å². The summed E-state index contributed by atoms with van der Waals surface area (Å²) in [4.78, 5) is 11.9. The molecule has 1 atom stereocenters. The summed E-state index contributed by atoms with van der Waals surface area (Å²) in [5, 5.41) is 2.24. The van der Waals surface area contributed by atoms with Gasteiger partial charge in [0, 0.05) is 6.42 Å². The average Bonchev–Trinajstić information content (AvgIpc) is 2.36. The molecule has 1 saturated heterocycles. The number of para-hydroxylation sites is 1. The molecule has 1 unspecified atom stereocenters. The van der Waals surface area contributed by atoms with Gasteiger partial charge in [0.15, 0.2) is 9.84 Å². The minimum atomic E-state index is -4.56. The lowest BCUT2D eigenvalue weighted by Gasteiger charge is -2.21. The summed E-state index contributed by atoms with van der Waals surface area (Å²) in [7, 11) is -3.14. The number of rotatable bonds is 3. The van der Waals surface area contributed by atoms with Gasteiger partial charge in [-0.25, -0.2) is 8.42 Å². The Hall–Kier alpha value is -1.57. The Labute approximate surface area is 126 Å². The van der Waals surface area contributed by atoms with Crippen molar-refractivity contribution < 1.29 is 26.4 Å². The molecule has 0 aromatic heterocycles. The molecule has 1 heterocycles. The Morgan fingerprint density at radius 3 is 2.59 bits per heavy atom. The van der Waals surface area contributed by atoms with Crippen molar-refractivity contribution in [3.63, 3.8) is 0 Å². The molecular weight excluding hydrogens is 319 g/mol.